The molecule has 0 aliphatic carbocycles. The van der Waals surface area contributed by atoms with E-state index in [1.54, 1.807) is 18.2 Å². The summed E-state index contributed by atoms with van der Waals surface area (Å²) in [5, 5.41) is 24.6. The lowest BCUT2D eigenvalue weighted by Crippen LogP contribution is -2.12. The number of nitrogens with zero attached hydrogens (tertiary/aromatic N) is 2. The van der Waals surface area contributed by atoms with Crippen molar-refractivity contribution in [2.75, 3.05) is 5.32 Å². The van der Waals surface area contributed by atoms with Crippen LogP contribution in [0.4, 0.5) is 35.9 Å². The van der Waals surface area contributed by atoms with Gasteiger partial charge in [0.2, 0.25) is 0 Å². The minimum absolute atomic E-state index is 0.338. The van der Waals surface area contributed by atoms with Crippen LogP contribution in [-0.4, -0.2) is 9.85 Å². The Labute approximate surface area is 126 Å². The average molecular weight is 327 g/mol. The van der Waals surface area contributed by atoms with Gasteiger partial charge in [-0.25, -0.2) is 0 Å². The van der Waals surface area contributed by atoms with Gasteiger partial charge in [-0.05, 0) is 24.3 Å². The molecule has 2 rings (SSSR count). The molecule has 0 unspecified atom stereocenters. The van der Waals surface area contributed by atoms with Crippen LogP contribution in [-0.2, 0) is 6.18 Å². The number of alkyl halides is 3. The molecule has 23 heavy (non-hydrogen) atoms. The van der Waals surface area contributed by atoms with Crippen molar-refractivity contribution in [3.05, 3.63) is 68.3 Å². The highest BCUT2D eigenvalue weighted by Crippen LogP contribution is 2.45. The Hall–Kier alpha value is -3.17. The Morgan fingerprint density at radius 2 is 1.43 bits per heavy atom. The highest BCUT2D eigenvalue weighted by Gasteiger charge is 2.44. The largest absolute Gasteiger partial charge is 0.423 e. The molecule has 0 fully saturated rings. The van der Waals surface area contributed by atoms with Crippen molar-refractivity contribution in [3.8, 4) is 0 Å². The van der Waals surface area contributed by atoms with Crippen molar-refractivity contribution in [3.63, 3.8) is 0 Å². The predicted octanol–water partition coefficient (Wildman–Crippen LogP) is 4.27. The van der Waals surface area contributed by atoms with Gasteiger partial charge < -0.3 is 5.32 Å². The van der Waals surface area contributed by atoms with Gasteiger partial charge in [-0.3, -0.25) is 20.2 Å². The molecular formula is C13H8F3N3O4. The van der Waals surface area contributed by atoms with Gasteiger partial charge in [0, 0.05) is 5.69 Å². The number of rotatable bonds is 4. The zero-order valence-electron chi connectivity index (χ0n) is 11.2. The highest BCUT2D eigenvalue weighted by molar-refractivity contribution is 5.78. The minimum atomic E-state index is -5.08. The van der Waals surface area contributed by atoms with E-state index >= 15 is 0 Å². The minimum Gasteiger partial charge on any atom is -0.350 e. The third-order valence-corrected chi connectivity index (χ3v) is 2.87. The van der Waals surface area contributed by atoms with E-state index in [4.69, 9.17) is 0 Å². The van der Waals surface area contributed by atoms with Gasteiger partial charge in [-0.2, -0.15) is 13.2 Å². The molecule has 10 heteroatoms. The average Bonchev–Trinajstić information content (AvgIpc) is 2.46. The van der Waals surface area contributed by atoms with E-state index < -0.39 is 38.6 Å². The Kier molecular flexibility index (Phi) is 4.16. The van der Waals surface area contributed by atoms with Crippen LogP contribution in [0.1, 0.15) is 5.56 Å². The summed E-state index contributed by atoms with van der Waals surface area (Å²) < 4.78 is 38.6. The number of halogens is 3. The summed E-state index contributed by atoms with van der Waals surface area (Å²) in [6.45, 7) is 0. The van der Waals surface area contributed by atoms with Crippen LogP contribution in [0.15, 0.2) is 42.5 Å². The number of nitro groups is 2. The number of benzene rings is 2. The molecule has 0 aliphatic heterocycles. The Balaban J connectivity index is 2.67. The standard InChI is InChI=1S/C13H8F3N3O4/c14-13(15,16)9-6-7-10(17-8-4-2-1-3-5-8)12(19(22)23)11(9)18(20)21/h1-7,17H. The Bertz CT molecular complexity index is 763. The van der Waals surface area contributed by atoms with Gasteiger partial charge in [-0.15, -0.1) is 0 Å². The van der Waals surface area contributed by atoms with Crippen LogP contribution in [0.3, 0.4) is 0 Å². The topological polar surface area (TPSA) is 98.3 Å². The molecule has 1 N–H and O–H groups in total. The number of hydrogen-bond acceptors (Lipinski definition) is 5. The van der Waals surface area contributed by atoms with E-state index in [-0.39, 0.29) is 0 Å². The van der Waals surface area contributed by atoms with Crippen molar-refractivity contribution in [1.82, 2.24) is 0 Å². The lowest BCUT2D eigenvalue weighted by Gasteiger charge is -2.11. The fourth-order valence-corrected chi connectivity index (χ4v) is 1.96. The first-order chi connectivity index (χ1) is 10.7. The van der Waals surface area contributed by atoms with Crippen LogP contribution in [0, 0.1) is 20.2 Å². The molecule has 0 amide bonds. The highest BCUT2D eigenvalue weighted by atomic mass is 19.4. The zero-order chi connectivity index (χ0) is 17.2. The molecule has 7 nitrogen and oxygen atoms in total. The summed E-state index contributed by atoms with van der Waals surface area (Å²) in [4.78, 5) is 19.5. The van der Waals surface area contributed by atoms with Crippen molar-refractivity contribution >= 4 is 22.7 Å². The van der Waals surface area contributed by atoms with Crippen LogP contribution in [0.5, 0.6) is 0 Å². The third kappa shape index (κ3) is 3.36. The van der Waals surface area contributed by atoms with E-state index in [2.05, 4.69) is 5.32 Å². The molecule has 2 aromatic carbocycles. The van der Waals surface area contributed by atoms with Crippen LogP contribution >= 0.6 is 0 Å². The molecule has 0 aromatic heterocycles. The second-order valence-corrected chi connectivity index (χ2v) is 4.36. The van der Waals surface area contributed by atoms with Gasteiger partial charge in [0.15, 0.2) is 0 Å². The lowest BCUT2D eigenvalue weighted by atomic mass is 10.1. The molecule has 120 valence electrons. The van der Waals surface area contributed by atoms with Crippen molar-refractivity contribution in [2.24, 2.45) is 0 Å². The van der Waals surface area contributed by atoms with Gasteiger partial charge in [0.25, 0.3) is 0 Å². The molecule has 0 spiro atoms. The van der Waals surface area contributed by atoms with E-state index in [1.807, 2.05) is 0 Å². The first kappa shape index (κ1) is 16.2. The smallest absolute Gasteiger partial charge is 0.350 e. The van der Waals surface area contributed by atoms with E-state index in [1.165, 1.54) is 12.1 Å². The van der Waals surface area contributed by atoms with Gasteiger partial charge >= 0.3 is 17.6 Å². The number of para-hydroxylation sites is 1. The summed E-state index contributed by atoms with van der Waals surface area (Å²) >= 11 is 0. The van der Waals surface area contributed by atoms with Crippen LogP contribution in [0.2, 0.25) is 0 Å². The first-order valence-corrected chi connectivity index (χ1v) is 6.07. The van der Waals surface area contributed by atoms with E-state index in [9.17, 15) is 33.4 Å². The molecule has 0 atom stereocenters. The third-order valence-electron chi connectivity index (χ3n) is 2.87. The quantitative estimate of drug-likeness (QED) is 0.668. The fraction of sp³-hybridized carbons (Fsp3) is 0.0769. The predicted molar refractivity (Wildman–Crippen MR) is 74.5 cm³/mol. The number of anilines is 2. The molecule has 0 radical (unpaired) electrons. The number of nitro benzene ring substituents is 2. The maximum Gasteiger partial charge on any atom is 0.423 e. The maximum atomic E-state index is 12.9. The summed E-state index contributed by atoms with van der Waals surface area (Å²) in [7, 11) is 0. The lowest BCUT2D eigenvalue weighted by molar-refractivity contribution is -0.423. The fourth-order valence-electron chi connectivity index (χ4n) is 1.96. The van der Waals surface area contributed by atoms with Crippen LogP contribution < -0.4 is 5.32 Å². The summed E-state index contributed by atoms with van der Waals surface area (Å²) in [6, 6.07) is 9.09. The molecule has 0 heterocycles. The second-order valence-electron chi connectivity index (χ2n) is 4.36. The van der Waals surface area contributed by atoms with Gasteiger partial charge in [0.05, 0.1) is 9.85 Å². The SMILES string of the molecule is O=[N+]([O-])c1c(Nc2ccccc2)ccc(C(F)(F)F)c1[N+](=O)[O-]. The molecule has 0 saturated carbocycles. The zero-order valence-corrected chi connectivity index (χ0v) is 11.2. The Morgan fingerprint density at radius 1 is 0.870 bits per heavy atom. The van der Waals surface area contributed by atoms with Crippen molar-refractivity contribution in [1.29, 1.82) is 0 Å². The molecule has 0 aliphatic rings. The molecule has 0 saturated heterocycles. The number of nitrogens with one attached hydrogen (secondary N) is 1. The Morgan fingerprint density at radius 3 is 1.91 bits per heavy atom. The molecule has 0 bridgehead atoms. The summed E-state index contributed by atoms with van der Waals surface area (Å²) in [5.41, 5.74) is -4.57. The maximum absolute atomic E-state index is 12.9. The van der Waals surface area contributed by atoms with Gasteiger partial charge in [0.1, 0.15) is 11.3 Å². The van der Waals surface area contributed by atoms with E-state index in [0.717, 1.165) is 6.07 Å². The second kappa shape index (κ2) is 5.91. The number of hydrogen-bond donors (Lipinski definition) is 1. The van der Waals surface area contributed by atoms with Crippen LogP contribution in [0.25, 0.3) is 0 Å². The monoisotopic (exact) mass is 327 g/mol. The summed E-state index contributed by atoms with van der Waals surface area (Å²) in [5.74, 6) is 0. The van der Waals surface area contributed by atoms with Crippen molar-refractivity contribution in [2.45, 2.75) is 6.18 Å². The van der Waals surface area contributed by atoms with Crippen molar-refractivity contribution < 1.29 is 23.0 Å². The van der Waals surface area contributed by atoms with Gasteiger partial charge in [-0.1, -0.05) is 18.2 Å². The first-order valence-electron chi connectivity index (χ1n) is 6.07. The summed E-state index contributed by atoms with van der Waals surface area (Å²) in [6.07, 6.45) is -5.08. The molecule has 2 aromatic rings. The normalized spacial score (nSPS) is 11.1. The van der Waals surface area contributed by atoms with E-state index in [0.29, 0.717) is 11.8 Å². The molecular weight excluding hydrogens is 319 g/mol.